The Hall–Kier alpha value is -1.28. The highest BCUT2D eigenvalue weighted by atomic mass is 35.5. The Morgan fingerprint density at radius 2 is 2.25 bits per heavy atom. The van der Waals surface area contributed by atoms with E-state index in [4.69, 9.17) is 11.6 Å². The molecule has 0 unspecified atom stereocenters. The Labute approximate surface area is 102 Å². The zero-order chi connectivity index (χ0) is 12.1. The molecule has 0 aliphatic heterocycles. The SMILES string of the molecule is C=CCN(CC)c1ccc(C(C)=O)c(Cl)c1. The Balaban J connectivity index is 3.03. The lowest BCUT2D eigenvalue weighted by Crippen LogP contribution is -2.22. The fraction of sp³-hybridized carbons (Fsp3) is 0.308. The molecule has 1 rings (SSSR count). The number of nitrogens with zero attached hydrogens (tertiary/aromatic N) is 1. The number of hydrogen-bond acceptors (Lipinski definition) is 2. The van der Waals surface area contributed by atoms with Crippen LogP contribution in [0.4, 0.5) is 5.69 Å². The largest absolute Gasteiger partial charge is 0.368 e. The summed E-state index contributed by atoms with van der Waals surface area (Å²) in [5, 5.41) is 0.507. The minimum absolute atomic E-state index is 0.0108. The van der Waals surface area contributed by atoms with Crippen molar-refractivity contribution in [2.45, 2.75) is 13.8 Å². The van der Waals surface area contributed by atoms with E-state index in [-0.39, 0.29) is 5.78 Å². The molecule has 0 fully saturated rings. The summed E-state index contributed by atoms with van der Waals surface area (Å²) in [7, 11) is 0. The van der Waals surface area contributed by atoms with E-state index >= 15 is 0 Å². The van der Waals surface area contributed by atoms with Crippen LogP contribution in [0.5, 0.6) is 0 Å². The average Bonchev–Trinajstić information content (AvgIpc) is 2.25. The van der Waals surface area contributed by atoms with Crippen LogP contribution in [0.25, 0.3) is 0 Å². The first-order chi connectivity index (χ1) is 7.60. The molecule has 0 aliphatic carbocycles. The topological polar surface area (TPSA) is 20.3 Å². The van der Waals surface area contributed by atoms with Gasteiger partial charge in [-0.2, -0.15) is 0 Å². The number of carbonyl (C=O) groups excluding carboxylic acids is 1. The summed E-state index contributed by atoms with van der Waals surface area (Å²) >= 11 is 6.05. The molecular formula is C13H16ClNO. The van der Waals surface area contributed by atoms with Crippen LogP contribution in [0.2, 0.25) is 5.02 Å². The summed E-state index contributed by atoms with van der Waals surface area (Å²) in [6.07, 6.45) is 1.84. The van der Waals surface area contributed by atoms with E-state index in [0.717, 1.165) is 18.8 Å². The summed E-state index contributed by atoms with van der Waals surface area (Å²) in [5.74, 6) is -0.0108. The summed E-state index contributed by atoms with van der Waals surface area (Å²) in [6, 6.07) is 5.51. The predicted octanol–water partition coefficient (Wildman–Crippen LogP) is 3.55. The lowest BCUT2D eigenvalue weighted by molar-refractivity contribution is 0.101. The molecule has 0 radical (unpaired) electrons. The molecule has 0 aromatic heterocycles. The molecule has 0 bridgehead atoms. The second-order valence-corrected chi connectivity index (χ2v) is 3.95. The predicted molar refractivity (Wildman–Crippen MR) is 69.5 cm³/mol. The Bertz CT molecular complexity index is 401. The van der Waals surface area contributed by atoms with Gasteiger partial charge < -0.3 is 4.90 Å². The van der Waals surface area contributed by atoms with Crippen molar-refractivity contribution in [1.29, 1.82) is 0 Å². The van der Waals surface area contributed by atoms with E-state index in [1.54, 1.807) is 6.07 Å². The minimum atomic E-state index is -0.0108. The first kappa shape index (κ1) is 12.8. The van der Waals surface area contributed by atoms with Crippen molar-refractivity contribution in [3.05, 3.63) is 41.4 Å². The molecule has 86 valence electrons. The van der Waals surface area contributed by atoms with Gasteiger partial charge in [-0.25, -0.2) is 0 Å². The maximum absolute atomic E-state index is 11.2. The molecule has 0 spiro atoms. The van der Waals surface area contributed by atoms with Crippen LogP contribution >= 0.6 is 11.6 Å². The van der Waals surface area contributed by atoms with Gasteiger partial charge in [0.25, 0.3) is 0 Å². The average molecular weight is 238 g/mol. The highest BCUT2D eigenvalue weighted by molar-refractivity contribution is 6.34. The summed E-state index contributed by atoms with van der Waals surface area (Å²) < 4.78 is 0. The quantitative estimate of drug-likeness (QED) is 0.577. The molecule has 0 heterocycles. The van der Waals surface area contributed by atoms with Crippen molar-refractivity contribution < 1.29 is 4.79 Å². The molecule has 3 heteroatoms. The molecule has 0 saturated carbocycles. The normalized spacial score (nSPS) is 9.94. The number of rotatable bonds is 5. The third kappa shape index (κ3) is 2.86. The minimum Gasteiger partial charge on any atom is -0.368 e. The fourth-order valence-electron chi connectivity index (χ4n) is 1.56. The summed E-state index contributed by atoms with van der Waals surface area (Å²) in [4.78, 5) is 13.4. The third-order valence-electron chi connectivity index (χ3n) is 2.43. The second-order valence-electron chi connectivity index (χ2n) is 3.55. The zero-order valence-corrected chi connectivity index (χ0v) is 10.4. The first-order valence-electron chi connectivity index (χ1n) is 5.26. The summed E-state index contributed by atoms with van der Waals surface area (Å²) in [5.41, 5.74) is 1.58. The fourth-order valence-corrected chi connectivity index (χ4v) is 1.87. The van der Waals surface area contributed by atoms with E-state index in [1.807, 2.05) is 18.2 Å². The molecule has 0 N–H and O–H groups in total. The lowest BCUT2D eigenvalue weighted by atomic mass is 10.1. The number of Topliss-reactive ketones (excluding diaryl/α,β-unsaturated/α-hetero) is 1. The molecule has 0 saturated heterocycles. The van der Waals surface area contributed by atoms with E-state index in [1.165, 1.54) is 6.92 Å². The van der Waals surface area contributed by atoms with Crippen LogP contribution in [0.15, 0.2) is 30.9 Å². The van der Waals surface area contributed by atoms with Crippen molar-refractivity contribution in [3.63, 3.8) is 0 Å². The number of benzene rings is 1. The van der Waals surface area contributed by atoms with Crippen LogP contribution in [0.3, 0.4) is 0 Å². The molecule has 0 amide bonds. The van der Waals surface area contributed by atoms with Crippen LogP contribution in [0.1, 0.15) is 24.2 Å². The number of halogens is 1. The standard InChI is InChI=1S/C13H16ClNO/c1-4-8-15(5-2)11-6-7-12(10(3)16)13(14)9-11/h4,6-7,9H,1,5,8H2,2-3H3. The van der Waals surface area contributed by atoms with Gasteiger partial charge in [-0.1, -0.05) is 17.7 Å². The van der Waals surface area contributed by atoms with Gasteiger partial charge in [0, 0.05) is 24.3 Å². The van der Waals surface area contributed by atoms with Crippen molar-refractivity contribution in [1.82, 2.24) is 0 Å². The molecule has 16 heavy (non-hydrogen) atoms. The Kier molecular flexibility index (Phi) is 4.56. The molecular weight excluding hydrogens is 222 g/mol. The van der Waals surface area contributed by atoms with Gasteiger partial charge in [0.1, 0.15) is 0 Å². The van der Waals surface area contributed by atoms with E-state index < -0.39 is 0 Å². The van der Waals surface area contributed by atoms with Crippen LogP contribution in [-0.2, 0) is 0 Å². The monoisotopic (exact) mass is 237 g/mol. The highest BCUT2D eigenvalue weighted by Gasteiger charge is 2.08. The summed E-state index contributed by atoms with van der Waals surface area (Å²) in [6.45, 7) is 8.94. The van der Waals surface area contributed by atoms with Gasteiger partial charge in [0.15, 0.2) is 5.78 Å². The van der Waals surface area contributed by atoms with Gasteiger partial charge in [-0.05, 0) is 32.0 Å². The molecule has 2 nitrogen and oxygen atoms in total. The van der Waals surface area contributed by atoms with E-state index in [0.29, 0.717) is 10.6 Å². The molecule has 0 atom stereocenters. The maximum Gasteiger partial charge on any atom is 0.161 e. The van der Waals surface area contributed by atoms with Gasteiger partial charge in [0.05, 0.1) is 5.02 Å². The van der Waals surface area contributed by atoms with E-state index in [9.17, 15) is 4.79 Å². The number of ketones is 1. The highest BCUT2D eigenvalue weighted by Crippen LogP contribution is 2.24. The van der Waals surface area contributed by atoms with Crippen molar-refractivity contribution >= 4 is 23.1 Å². The van der Waals surface area contributed by atoms with Crippen LogP contribution in [0, 0.1) is 0 Å². The lowest BCUT2D eigenvalue weighted by Gasteiger charge is -2.21. The first-order valence-corrected chi connectivity index (χ1v) is 5.64. The van der Waals surface area contributed by atoms with Crippen molar-refractivity contribution in [3.8, 4) is 0 Å². The van der Waals surface area contributed by atoms with Gasteiger partial charge >= 0.3 is 0 Å². The van der Waals surface area contributed by atoms with Gasteiger partial charge in [0.2, 0.25) is 0 Å². The Morgan fingerprint density at radius 1 is 1.56 bits per heavy atom. The van der Waals surface area contributed by atoms with Crippen molar-refractivity contribution in [2.24, 2.45) is 0 Å². The Morgan fingerprint density at radius 3 is 2.69 bits per heavy atom. The molecule has 1 aromatic rings. The third-order valence-corrected chi connectivity index (χ3v) is 2.74. The number of likely N-dealkylation sites (N-methyl/N-ethyl adjacent to an activating group) is 1. The van der Waals surface area contributed by atoms with Crippen molar-refractivity contribution in [2.75, 3.05) is 18.0 Å². The number of hydrogen-bond donors (Lipinski definition) is 0. The van der Waals surface area contributed by atoms with Crippen LogP contribution in [-0.4, -0.2) is 18.9 Å². The van der Waals surface area contributed by atoms with E-state index in [2.05, 4.69) is 18.4 Å². The smallest absolute Gasteiger partial charge is 0.161 e. The number of carbonyl (C=O) groups is 1. The van der Waals surface area contributed by atoms with Gasteiger partial charge in [-0.3, -0.25) is 4.79 Å². The zero-order valence-electron chi connectivity index (χ0n) is 9.66. The molecule has 1 aromatic carbocycles. The maximum atomic E-state index is 11.2. The second kappa shape index (κ2) is 5.71. The van der Waals surface area contributed by atoms with Crippen LogP contribution < -0.4 is 4.90 Å². The molecule has 0 aliphatic rings. The van der Waals surface area contributed by atoms with Gasteiger partial charge in [-0.15, -0.1) is 6.58 Å². The number of anilines is 1.